The summed E-state index contributed by atoms with van der Waals surface area (Å²) in [4.78, 5) is 2.53. The fourth-order valence-electron chi connectivity index (χ4n) is 2.27. The van der Waals surface area contributed by atoms with Crippen LogP contribution in [0.25, 0.3) is 0 Å². The summed E-state index contributed by atoms with van der Waals surface area (Å²) in [6.45, 7) is 4.73. The second-order valence-corrected chi connectivity index (χ2v) is 5.54. The average Bonchev–Trinajstić information content (AvgIpc) is 2.21. The second-order valence-electron chi connectivity index (χ2n) is 4.75. The van der Waals surface area contributed by atoms with Gasteiger partial charge in [0.25, 0.3) is 0 Å². The summed E-state index contributed by atoms with van der Waals surface area (Å²) in [5, 5.41) is 4.70. The molecule has 2 atom stereocenters. The molecule has 0 aromatic rings. The molecule has 0 amide bonds. The van der Waals surface area contributed by atoms with Crippen molar-refractivity contribution in [3.63, 3.8) is 0 Å². The smallest absolute Gasteiger partial charge is 0.0104 e. The van der Waals surface area contributed by atoms with Gasteiger partial charge in [-0.3, -0.25) is 0 Å². The molecule has 0 bridgehead atoms. The summed E-state index contributed by atoms with van der Waals surface area (Å²) in [6.07, 6.45) is 6.74. The van der Waals surface area contributed by atoms with Gasteiger partial charge in [-0.15, -0.1) is 0 Å². The summed E-state index contributed by atoms with van der Waals surface area (Å²) < 4.78 is 0. The molecule has 1 saturated heterocycles. The van der Waals surface area contributed by atoms with Crippen LogP contribution >= 0.6 is 15.9 Å². The quantitative estimate of drug-likeness (QED) is 0.751. The van der Waals surface area contributed by atoms with Gasteiger partial charge in [0.2, 0.25) is 0 Å². The van der Waals surface area contributed by atoms with Crippen LogP contribution < -0.4 is 5.32 Å². The van der Waals surface area contributed by atoms with Crippen LogP contribution in [-0.2, 0) is 0 Å². The highest BCUT2D eigenvalue weighted by Crippen LogP contribution is 2.17. The first-order chi connectivity index (χ1) is 7.24. The van der Waals surface area contributed by atoms with Crippen molar-refractivity contribution < 1.29 is 0 Å². The SMILES string of the molecule is CC(CCBr)NCCC1CCCCN1C. The predicted octanol–water partition coefficient (Wildman–Crippen LogP) is 2.62. The number of hydrogen-bond donors (Lipinski definition) is 1. The minimum Gasteiger partial charge on any atom is -0.314 e. The molecular weight excluding hydrogens is 252 g/mol. The van der Waals surface area contributed by atoms with Crippen LogP contribution in [0.1, 0.15) is 39.0 Å². The lowest BCUT2D eigenvalue weighted by molar-refractivity contribution is 0.174. The number of piperidine rings is 1. The van der Waals surface area contributed by atoms with Crippen molar-refractivity contribution in [2.75, 3.05) is 25.5 Å². The molecule has 3 heteroatoms. The van der Waals surface area contributed by atoms with E-state index in [4.69, 9.17) is 0 Å². The van der Waals surface area contributed by atoms with Crippen LogP contribution in [0, 0.1) is 0 Å². The zero-order valence-corrected chi connectivity index (χ0v) is 11.7. The van der Waals surface area contributed by atoms with Gasteiger partial charge in [0.1, 0.15) is 0 Å². The fraction of sp³-hybridized carbons (Fsp3) is 1.00. The van der Waals surface area contributed by atoms with Gasteiger partial charge in [0.15, 0.2) is 0 Å². The van der Waals surface area contributed by atoms with E-state index in [1.54, 1.807) is 0 Å². The Kier molecular flexibility index (Phi) is 6.86. The third-order valence-corrected chi connectivity index (χ3v) is 3.89. The molecule has 1 fully saturated rings. The third kappa shape index (κ3) is 5.32. The summed E-state index contributed by atoms with van der Waals surface area (Å²) in [5.74, 6) is 0. The molecule has 0 radical (unpaired) electrons. The van der Waals surface area contributed by atoms with Gasteiger partial charge in [-0.25, -0.2) is 0 Å². The van der Waals surface area contributed by atoms with Crippen molar-refractivity contribution in [3.8, 4) is 0 Å². The number of halogens is 1. The third-order valence-electron chi connectivity index (χ3n) is 3.43. The van der Waals surface area contributed by atoms with Gasteiger partial charge in [-0.05, 0) is 52.7 Å². The van der Waals surface area contributed by atoms with Gasteiger partial charge < -0.3 is 10.2 Å². The Bertz CT molecular complexity index is 164. The molecule has 0 spiro atoms. The van der Waals surface area contributed by atoms with Gasteiger partial charge in [0.05, 0.1) is 0 Å². The van der Waals surface area contributed by atoms with E-state index in [9.17, 15) is 0 Å². The first-order valence-electron chi connectivity index (χ1n) is 6.23. The van der Waals surface area contributed by atoms with E-state index in [1.165, 1.54) is 45.2 Å². The number of hydrogen-bond acceptors (Lipinski definition) is 2. The lowest BCUT2D eigenvalue weighted by atomic mass is 10.00. The Morgan fingerprint density at radius 3 is 2.93 bits per heavy atom. The number of nitrogens with zero attached hydrogens (tertiary/aromatic N) is 1. The molecule has 2 unspecified atom stereocenters. The van der Waals surface area contributed by atoms with Crippen LogP contribution in [0.4, 0.5) is 0 Å². The van der Waals surface area contributed by atoms with Crippen LogP contribution in [0.15, 0.2) is 0 Å². The molecule has 1 aliphatic rings. The molecule has 2 nitrogen and oxygen atoms in total. The lowest BCUT2D eigenvalue weighted by Crippen LogP contribution is -2.39. The molecule has 1 heterocycles. The maximum atomic E-state index is 3.59. The number of nitrogens with one attached hydrogen (secondary N) is 1. The first-order valence-corrected chi connectivity index (χ1v) is 7.35. The minimum atomic E-state index is 0.651. The zero-order valence-electron chi connectivity index (χ0n) is 10.1. The Balaban J connectivity index is 2.08. The highest BCUT2D eigenvalue weighted by Gasteiger charge is 2.18. The van der Waals surface area contributed by atoms with Crippen molar-refractivity contribution in [1.29, 1.82) is 0 Å². The molecule has 1 N–H and O–H groups in total. The standard InChI is InChI=1S/C12H25BrN2/c1-11(6-8-13)14-9-7-12-5-3-4-10-15(12)2/h11-12,14H,3-10H2,1-2H3. The Morgan fingerprint density at radius 2 is 2.27 bits per heavy atom. The molecule has 0 aromatic heterocycles. The molecule has 1 aliphatic heterocycles. The zero-order chi connectivity index (χ0) is 11.1. The van der Waals surface area contributed by atoms with E-state index in [2.05, 4.69) is 40.1 Å². The number of likely N-dealkylation sites (tertiary alicyclic amines) is 1. The normalized spacial score (nSPS) is 25.4. The van der Waals surface area contributed by atoms with Crippen LogP contribution in [0.3, 0.4) is 0 Å². The molecule has 0 aliphatic carbocycles. The van der Waals surface area contributed by atoms with Crippen LogP contribution in [-0.4, -0.2) is 42.5 Å². The lowest BCUT2D eigenvalue weighted by Gasteiger charge is -2.32. The van der Waals surface area contributed by atoms with Gasteiger partial charge in [-0.2, -0.15) is 0 Å². The predicted molar refractivity (Wildman–Crippen MR) is 70.8 cm³/mol. The molecule has 0 aromatic carbocycles. The molecule has 0 saturated carbocycles. The molecule has 90 valence electrons. The van der Waals surface area contributed by atoms with Crippen molar-refractivity contribution in [2.24, 2.45) is 0 Å². The first kappa shape index (κ1) is 13.5. The summed E-state index contributed by atoms with van der Waals surface area (Å²) >= 11 is 3.48. The second kappa shape index (κ2) is 7.64. The largest absolute Gasteiger partial charge is 0.314 e. The van der Waals surface area contributed by atoms with E-state index in [1.807, 2.05) is 0 Å². The van der Waals surface area contributed by atoms with E-state index < -0.39 is 0 Å². The Morgan fingerprint density at radius 1 is 1.47 bits per heavy atom. The van der Waals surface area contributed by atoms with E-state index in [0.717, 1.165) is 11.4 Å². The highest BCUT2D eigenvalue weighted by atomic mass is 79.9. The highest BCUT2D eigenvalue weighted by molar-refractivity contribution is 9.09. The van der Waals surface area contributed by atoms with Gasteiger partial charge in [0, 0.05) is 17.4 Å². The molecule has 15 heavy (non-hydrogen) atoms. The number of alkyl halides is 1. The van der Waals surface area contributed by atoms with Gasteiger partial charge >= 0.3 is 0 Å². The van der Waals surface area contributed by atoms with Crippen molar-refractivity contribution in [1.82, 2.24) is 10.2 Å². The Hall–Kier alpha value is 0.400. The van der Waals surface area contributed by atoms with Crippen LogP contribution in [0.2, 0.25) is 0 Å². The van der Waals surface area contributed by atoms with Crippen molar-refractivity contribution in [3.05, 3.63) is 0 Å². The summed E-state index contributed by atoms with van der Waals surface area (Å²) in [6, 6.07) is 1.47. The molecule has 1 rings (SSSR count). The van der Waals surface area contributed by atoms with Crippen molar-refractivity contribution in [2.45, 2.75) is 51.1 Å². The number of rotatable bonds is 6. The molecular formula is C12H25BrN2. The maximum Gasteiger partial charge on any atom is 0.0104 e. The average molecular weight is 277 g/mol. The Labute approximate surface area is 103 Å². The van der Waals surface area contributed by atoms with E-state index in [0.29, 0.717) is 6.04 Å². The minimum absolute atomic E-state index is 0.651. The topological polar surface area (TPSA) is 15.3 Å². The summed E-state index contributed by atoms with van der Waals surface area (Å²) in [7, 11) is 2.27. The van der Waals surface area contributed by atoms with Crippen LogP contribution in [0.5, 0.6) is 0 Å². The van der Waals surface area contributed by atoms with Gasteiger partial charge in [-0.1, -0.05) is 22.4 Å². The van der Waals surface area contributed by atoms with Crippen molar-refractivity contribution >= 4 is 15.9 Å². The van der Waals surface area contributed by atoms with E-state index >= 15 is 0 Å². The summed E-state index contributed by atoms with van der Waals surface area (Å²) in [5.41, 5.74) is 0. The maximum absolute atomic E-state index is 3.59. The fourth-order valence-corrected chi connectivity index (χ4v) is 2.96. The van der Waals surface area contributed by atoms with E-state index in [-0.39, 0.29) is 0 Å². The monoisotopic (exact) mass is 276 g/mol.